The second kappa shape index (κ2) is 11.4. The maximum Gasteiger partial charge on any atom is 0.355 e. The van der Waals surface area contributed by atoms with Gasteiger partial charge in [0, 0.05) is 9.92 Å². The Hall–Kier alpha value is -2.63. The Morgan fingerprint density at radius 3 is 2.46 bits per heavy atom. The van der Waals surface area contributed by atoms with E-state index in [1.807, 2.05) is 48.7 Å². The number of nitrogens with zero attached hydrogens (tertiary/aromatic N) is 1. The molecule has 5 rings (SSSR count). The minimum absolute atomic E-state index is 0.126. The number of aromatic nitrogens is 1. The average Bonchev–Trinajstić information content (AvgIpc) is 3.54. The van der Waals surface area contributed by atoms with E-state index in [-0.39, 0.29) is 11.5 Å². The zero-order chi connectivity index (χ0) is 24.9. The smallest absolute Gasteiger partial charge is 0.355 e. The van der Waals surface area contributed by atoms with Gasteiger partial charge in [0.05, 0.1) is 5.69 Å². The topological polar surface area (TPSA) is 50.2 Å². The van der Waals surface area contributed by atoms with Gasteiger partial charge in [0.2, 0.25) is 0 Å². The third-order valence-electron chi connectivity index (χ3n) is 6.47. The summed E-state index contributed by atoms with van der Waals surface area (Å²) in [5.41, 5.74) is 6.84. The van der Waals surface area contributed by atoms with Crippen molar-refractivity contribution < 1.29 is 14.3 Å². The van der Waals surface area contributed by atoms with Crippen LogP contribution in [-0.2, 0) is 6.42 Å². The Balaban J connectivity index is 0.000000218. The van der Waals surface area contributed by atoms with Crippen molar-refractivity contribution in [2.75, 3.05) is 6.26 Å². The normalized spacial score (nSPS) is 15.1. The number of aryl methyl sites for hydroxylation is 1. The summed E-state index contributed by atoms with van der Waals surface area (Å²) in [7, 11) is 0. The van der Waals surface area contributed by atoms with Gasteiger partial charge in [0.15, 0.2) is 5.69 Å². The lowest BCUT2D eigenvalue weighted by atomic mass is 9.96. The van der Waals surface area contributed by atoms with Crippen molar-refractivity contribution in [1.82, 2.24) is 4.98 Å². The lowest BCUT2D eigenvalue weighted by Crippen LogP contribution is -2.05. The van der Waals surface area contributed by atoms with Crippen LogP contribution >= 0.6 is 23.4 Å². The fourth-order valence-electron chi connectivity index (χ4n) is 4.45. The summed E-state index contributed by atoms with van der Waals surface area (Å²) in [4.78, 5) is 16.6. The molecule has 1 fully saturated rings. The van der Waals surface area contributed by atoms with E-state index in [0.29, 0.717) is 9.92 Å². The first kappa shape index (κ1) is 25.5. The number of carbonyl (C=O) groups is 1. The number of aromatic carboxylic acids is 1. The van der Waals surface area contributed by atoms with Crippen molar-refractivity contribution >= 4 is 40.5 Å². The number of carboxylic acids is 1. The molecule has 1 aromatic heterocycles. The fraction of sp³-hybridized carbons (Fsp3) is 0.310. The molecule has 2 aromatic carbocycles. The minimum Gasteiger partial charge on any atom is -0.476 e. The van der Waals surface area contributed by atoms with Gasteiger partial charge in [0.1, 0.15) is 5.82 Å². The molecule has 0 radical (unpaired) electrons. The van der Waals surface area contributed by atoms with E-state index in [1.165, 1.54) is 53.4 Å². The van der Waals surface area contributed by atoms with Crippen molar-refractivity contribution in [2.45, 2.75) is 50.3 Å². The van der Waals surface area contributed by atoms with Crippen LogP contribution in [0.1, 0.15) is 65.0 Å². The van der Waals surface area contributed by atoms with Crippen LogP contribution in [0, 0.1) is 18.7 Å². The molecule has 1 saturated carbocycles. The fourth-order valence-corrected chi connectivity index (χ4v) is 5.15. The lowest BCUT2D eigenvalue weighted by Gasteiger charge is -2.12. The number of rotatable bonds is 6. The van der Waals surface area contributed by atoms with Crippen LogP contribution in [0.15, 0.2) is 59.5 Å². The summed E-state index contributed by atoms with van der Waals surface area (Å²) in [6, 6.07) is 16.5. The van der Waals surface area contributed by atoms with Crippen molar-refractivity contribution in [3.05, 3.63) is 93.5 Å². The summed E-state index contributed by atoms with van der Waals surface area (Å²) in [5.74, 6) is -0.231. The quantitative estimate of drug-likeness (QED) is 0.339. The standard InChI is InChI=1S/C19H18ClNO2S.C10H11F/c1-11-6-7-12(20)10-15(11)13-4-3-5-14(13)16-8-9-17(24-2)18(21-16)19(22)23;11-10-5-3-9(4-6-10)7-8-1-2-8/h6-10H,3-5H2,1-2H3,(H,22,23);3-6,8H,1-2,7H2. The number of thioether (sulfide) groups is 1. The predicted molar refractivity (Wildman–Crippen MR) is 143 cm³/mol. The molecule has 1 heterocycles. The Kier molecular flexibility index (Phi) is 8.30. The molecule has 0 aliphatic heterocycles. The summed E-state index contributed by atoms with van der Waals surface area (Å²) in [6.45, 7) is 2.07. The number of hydrogen-bond donors (Lipinski definition) is 1. The van der Waals surface area contributed by atoms with Gasteiger partial charge in [-0.2, -0.15) is 0 Å². The zero-order valence-electron chi connectivity index (χ0n) is 20.0. The highest BCUT2D eigenvalue weighted by Gasteiger charge is 2.22. The van der Waals surface area contributed by atoms with Crippen molar-refractivity contribution in [3.8, 4) is 0 Å². The first-order valence-corrected chi connectivity index (χ1v) is 13.5. The van der Waals surface area contributed by atoms with E-state index in [0.717, 1.165) is 48.4 Å². The van der Waals surface area contributed by atoms with Crippen LogP contribution in [0.2, 0.25) is 5.02 Å². The number of halogens is 2. The summed E-state index contributed by atoms with van der Waals surface area (Å²) in [5, 5.41) is 10.1. The van der Waals surface area contributed by atoms with Gasteiger partial charge in [-0.3, -0.25) is 0 Å². The molecule has 2 aliphatic carbocycles. The van der Waals surface area contributed by atoms with Crippen molar-refractivity contribution in [3.63, 3.8) is 0 Å². The first-order valence-electron chi connectivity index (χ1n) is 11.9. The molecule has 0 unspecified atom stereocenters. The van der Waals surface area contributed by atoms with Gasteiger partial charge < -0.3 is 5.11 Å². The molecular formula is C29H29ClFNO2S. The average molecular weight is 510 g/mol. The number of hydrogen-bond acceptors (Lipinski definition) is 3. The maximum absolute atomic E-state index is 12.4. The lowest BCUT2D eigenvalue weighted by molar-refractivity contribution is 0.0686. The summed E-state index contributed by atoms with van der Waals surface area (Å²) >= 11 is 7.58. The molecule has 0 atom stereocenters. The minimum atomic E-state index is -0.986. The van der Waals surface area contributed by atoms with Gasteiger partial charge in [-0.25, -0.2) is 14.2 Å². The van der Waals surface area contributed by atoms with Gasteiger partial charge in [-0.05, 0) is 122 Å². The molecule has 0 saturated heterocycles. The SMILES string of the molecule is CSc1ccc(C2=C(c3cc(Cl)ccc3C)CCC2)nc1C(=O)O.Fc1ccc(CC2CC2)cc1. The van der Waals surface area contributed by atoms with Crippen LogP contribution in [0.3, 0.4) is 0 Å². The van der Waals surface area contributed by atoms with Gasteiger partial charge in [-0.15, -0.1) is 11.8 Å². The zero-order valence-corrected chi connectivity index (χ0v) is 21.6. The highest BCUT2D eigenvalue weighted by molar-refractivity contribution is 7.98. The van der Waals surface area contributed by atoms with E-state index in [4.69, 9.17) is 11.6 Å². The molecule has 0 bridgehead atoms. The van der Waals surface area contributed by atoms with Crippen LogP contribution in [0.5, 0.6) is 0 Å². The van der Waals surface area contributed by atoms with Crippen LogP contribution in [0.25, 0.3) is 11.1 Å². The largest absolute Gasteiger partial charge is 0.476 e. The van der Waals surface area contributed by atoms with E-state index in [9.17, 15) is 14.3 Å². The molecule has 0 spiro atoms. The van der Waals surface area contributed by atoms with Gasteiger partial charge in [0.25, 0.3) is 0 Å². The highest BCUT2D eigenvalue weighted by Crippen LogP contribution is 2.41. The third kappa shape index (κ3) is 6.53. The number of benzene rings is 2. The summed E-state index contributed by atoms with van der Waals surface area (Å²) < 4.78 is 12.4. The van der Waals surface area contributed by atoms with Crippen LogP contribution < -0.4 is 0 Å². The third-order valence-corrected chi connectivity index (χ3v) is 7.47. The van der Waals surface area contributed by atoms with Gasteiger partial charge >= 0.3 is 5.97 Å². The molecule has 3 nitrogen and oxygen atoms in total. The van der Waals surface area contributed by atoms with Gasteiger partial charge in [-0.1, -0.05) is 29.8 Å². The van der Waals surface area contributed by atoms with Crippen molar-refractivity contribution in [2.24, 2.45) is 5.92 Å². The molecule has 3 aromatic rings. The van der Waals surface area contributed by atoms with E-state index >= 15 is 0 Å². The molecule has 1 N–H and O–H groups in total. The maximum atomic E-state index is 12.4. The van der Waals surface area contributed by atoms with E-state index in [1.54, 1.807) is 0 Å². The molecule has 35 heavy (non-hydrogen) atoms. The Bertz CT molecular complexity index is 1250. The van der Waals surface area contributed by atoms with E-state index < -0.39 is 5.97 Å². The van der Waals surface area contributed by atoms with Crippen LogP contribution in [0.4, 0.5) is 4.39 Å². The van der Waals surface area contributed by atoms with E-state index in [2.05, 4.69) is 11.9 Å². The Morgan fingerprint density at radius 2 is 1.80 bits per heavy atom. The second-order valence-electron chi connectivity index (χ2n) is 9.10. The second-order valence-corrected chi connectivity index (χ2v) is 10.4. The van der Waals surface area contributed by atoms with Crippen molar-refractivity contribution in [1.29, 1.82) is 0 Å². The molecule has 0 amide bonds. The predicted octanol–water partition coefficient (Wildman–Crippen LogP) is 8.34. The molecular weight excluding hydrogens is 481 g/mol. The molecule has 2 aliphatic rings. The molecule has 182 valence electrons. The first-order chi connectivity index (χ1) is 16.9. The number of carboxylic acid groups (broad SMARTS) is 1. The highest BCUT2D eigenvalue weighted by atomic mass is 35.5. The van der Waals surface area contributed by atoms with Crippen LogP contribution in [-0.4, -0.2) is 22.3 Å². The summed E-state index contributed by atoms with van der Waals surface area (Å²) in [6.07, 6.45) is 8.63. The monoisotopic (exact) mass is 509 g/mol. The Labute approximate surface area is 215 Å². The number of allylic oxidation sites excluding steroid dienone is 2. The molecule has 6 heteroatoms. The number of pyridine rings is 1. The Morgan fingerprint density at radius 1 is 1.09 bits per heavy atom.